The van der Waals surface area contributed by atoms with Gasteiger partial charge in [-0.25, -0.2) is 9.97 Å². The predicted octanol–water partition coefficient (Wildman–Crippen LogP) is 22.8. The molecule has 4 aromatic heterocycles. The van der Waals surface area contributed by atoms with Crippen LogP contribution in [0.15, 0.2) is 273 Å². The largest absolute Gasteiger partial charge is 0.309 e. The molecule has 5 heteroatoms. The minimum Gasteiger partial charge on any atom is -0.309 e. The zero-order valence-corrected chi connectivity index (χ0v) is 53.2. The highest BCUT2D eigenvalue weighted by Crippen LogP contribution is 2.55. The molecule has 444 valence electrons. The van der Waals surface area contributed by atoms with E-state index in [0.717, 1.165) is 55.9 Å². The Hall–Kier alpha value is -11.4. The molecule has 0 bridgehead atoms. The molecule has 0 N–H and O–H groups in total. The van der Waals surface area contributed by atoms with Gasteiger partial charge in [0.25, 0.3) is 0 Å². The Morgan fingerprint density at radius 2 is 0.628 bits per heavy atom. The zero-order valence-electron chi connectivity index (χ0n) is 53.2. The lowest BCUT2D eigenvalue weighted by Crippen LogP contribution is -2.14. The third-order valence-corrected chi connectivity index (χ3v) is 22.0. The van der Waals surface area contributed by atoms with E-state index in [1.807, 2.05) is 0 Å². The summed E-state index contributed by atoms with van der Waals surface area (Å²) in [6.45, 7) is 14.2. The van der Waals surface area contributed by atoms with Crippen molar-refractivity contribution in [2.24, 2.45) is 0 Å². The quantitative estimate of drug-likeness (QED) is 0.166. The van der Waals surface area contributed by atoms with Gasteiger partial charge in [0.15, 0.2) is 5.82 Å². The van der Waals surface area contributed by atoms with Crippen LogP contribution in [0.4, 0.5) is 0 Å². The van der Waals surface area contributed by atoms with E-state index in [0.29, 0.717) is 5.82 Å². The highest BCUT2D eigenvalue weighted by Gasteiger charge is 2.39. The van der Waals surface area contributed by atoms with Gasteiger partial charge >= 0.3 is 0 Å². The minimum absolute atomic E-state index is 0.0900. The van der Waals surface area contributed by atoms with Crippen molar-refractivity contribution in [3.63, 3.8) is 0 Å². The smallest absolute Gasteiger partial charge is 0.160 e. The molecular weight excluding hydrogens is 1140 g/mol. The molecule has 13 aromatic carbocycles. The highest BCUT2D eigenvalue weighted by atomic mass is 15.0. The van der Waals surface area contributed by atoms with Crippen LogP contribution in [0.1, 0.15) is 74.9 Å². The Balaban J connectivity index is 0.740. The summed E-state index contributed by atoms with van der Waals surface area (Å²) in [5, 5.41) is 8.53. The first-order chi connectivity index (χ1) is 45.9. The lowest BCUT2D eigenvalue weighted by molar-refractivity contribution is 0.661. The van der Waals surface area contributed by atoms with Gasteiger partial charge in [-0.2, -0.15) is 0 Å². The van der Waals surface area contributed by atoms with Crippen molar-refractivity contribution in [2.75, 3.05) is 0 Å². The summed E-state index contributed by atoms with van der Waals surface area (Å²) >= 11 is 0. The number of aromatic nitrogens is 5. The predicted molar refractivity (Wildman–Crippen MR) is 392 cm³/mol. The standard InChI is InChI=1S/C89H63N5/c1-87(2)72-28-13-7-22-59(72)65-49-82-68(46-75(65)87)62-25-10-16-31-79(62)92(82)56-39-34-52(35-40-56)54-38-43-78-71(45-54)85(53-36-41-57(42-37-53)93-80-32-17-11-26-63(80)69-47-76-66(50-83(69)93)60-23-8-14-29-73(60)88(76,3)4)91-86(90-78)55-20-19-21-58(44-55)94-81-33-18-12-27-64(81)70-48-77-67(51-84(70)94)61-24-9-15-30-74(61)89(77,5)6/h7-51H,1-6H3. The van der Waals surface area contributed by atoms with E-state index in [-0.39, 0.29) is 16.2 Å². The molecule has 5 nitrogen and oxygen atoms in total. The van der Waals surface area contributed by atoms with Crippen molar-refractivity contribution in [2.45, 2.75) is 57.8 Å². The van der Waals surface area contributed by atoms with Crippen LogP contribution in [0.2, 0.25) is 0 Å². The minimum atomic E-state index is -0.113. The maximum Gasteiger partial charge on any atom is 0.160 e. The van der Waals surface area contributed by atoms with Crippen LogP contribution in [0.25, 0.3) is 161 Å². The van der Waals surface area contributed by atoms with Gasteiger partial charge in [-0.05, 0) is 181 Å². The van der Waals surface area contributed by atoms with Crippen LogP contribution in [0.3, 0.4) is 0 Å². The molecule has 0 fully saturated rings. The Morgan fingerprint density at radius 1 is 0.234 bits per heavy atom. The maximum atomic E-state index is 5.70. The molecular formula is C89H63N5. The summed E-state index contributed by atoms with van der Waals surface area (Å²) in [7, 11) is 0. The summed E-state index contributed by atoms with van der Waals surface area (Å²) in [5.74, 6) is 0.672. The van der Waals surface area contributed by atoms with Crippen molar-refractivity contribution in [3.05, 3.63) is 306 Å². The SMILES string of the molecule is CC1(C)c2ccccc2-c2cc3c(cc21)c1ccccc1n3-c1ccc(-c2ccc3nc(-c4cccc(-n5c6ccccc6c6cc7c(cc65)-c5ccccc5C7(C)C)c4)nc(-c4ccc(-n5c6ccccc6c6cc7c(cc65)-c5ccccc5C7(C)C)cc4)c3c2)cc1. The van der Waals surface area contributed by atoms with E-state index in [2.05, 4.69) is 328 Å². The van der Waals surface area contributed by atoms with Crippen LogP contribution in [-0.4, -0.2) is 23.7 Å². The first-order valence-electron chi connectivity index (χ1n) is 33.0. The first-order valence-corrected chi connectivity index (χ1v) is 33.0. The average Bonchev–Trinajstić information content (AvgIpc) is 1.56. The molecule has 0 saturated heterocycles. The maximum absolute atomic E-state index is 5.70. The van der Waals surface area contributed by atoms with E-state index < -0.39 is 0 Å². The molecule has 0 aliphatic heterocycles. The second-order valence-corrected chi connectivity index (χ2v) is 28.1. The van der Waals surface area contributed by atoms with Gasteiger partial charge < -0.3 is 13.7 Å². The second kappa shape index (κ2) is 18.9. The number of hydrogen-bond donors (Lipinski definition) is 0. The monoisotopic (exact) mass is 1200 g/mol. The third-order valence-electron chi connectivity index (χ3n) is 22.0. The van der Waals surface area contributed by atoms with E-state index >= 15 is 0 Å². The normalized spacial score (nSPS) is 14.5. The molecule has 0 amide bonds. The summed E-state index contributed by atoms with van der Waals surface area (Å²) in [4.78, 5) is 11.2. The first kappa shape index (κ1) is 53.3. The van der Waals surface area contributed by atoms with Crippen molar-refractivity contribution in [1.82, 2.24) is 23.7 Å². The fourth-order valence-corrected chi connectivity index (χ4v) is 17.3. The van der Waals surface area contributed by atoms with Crippen LogP contribution in [-0.2, 0) is 16.2 Å². The third kappa shape index (κ3) is 7.24. The Bertz CT molecular complexity index is 6180. The van der Waals surface area contributed by atoms with E-state index in [1.54, 1.807) is 0 Å². The molecule has 0 saturated carbocycles. The number of fused-ring (bicyclic) bond motifs is 19. The highest BCUT2D eigenvalue weighted by molar-refractivity contribution is 6.14. The number of rotatable bonds is 6. The molecule has 0 unspecified atom stereocenters. The van der Waals surface area contributed by atoms with Crippen molar-refractivity contribution in [3.8, 4) is 84.2 Å². The fraction of sp³-hybridized carbons (Fsp3) is 0.101. The molecule has 94 heavy (non-hydrogen) atoms. The van der Waals surface area contributed by atoms with Crippen molar-refractivity contribution >= 4 is 76.3 Å². The van der Waals surface area contributed by atoms with Crippen LogP contribution >= 0.6 is 0 Å². The summed E-state index contributed by atoms with van der Waals surface area (Å²) in [5.41, 5.74) is 32.2. The molecule has 0 spiro atoms. The fourth-order valence-electron chi connectivity index (χ4n) is 17.3. The van der Waals surface area contributed by atoms with E-state index in [1.165, 1.54) is 132 Å². The summed E-state index contributed by atoms with van der Waals surface area (Å²) in [6.07, 6.45) is 0. The average molecular weight is 1200 g/mol. The topological polar surface area (TPSA) is 40.6 Å². The Morgan fingerprint density at radius 3 is 1.09 bits per heavy atom. The van der Waals surface area contributed by atoms with Gasteiger partial charge in [0.1, 0.15) is 0 Å². The summed E-state index contributed by atoms with van der Waals surface area (Å²) < 4.78 is 7.34. The van der Waals surface area contributed by atoms with Gasteiger partial charge in [0.2, 0.25) is 0 Å². The van der Waals surface area contributed by atoms with E-state index in [4.69, 9.17) is 9.97 Å². The van der Waals surface area contributed by atoms with Crippen LogP contribution in [0.5, 0.6) is 0 Å². The molecule has 0 radical (unpaired) electrons. The zero-order chi connectivity index (χ0) is 62.7. The van der Waals surface area contributed by atoms with Crippen LogP contribution in [0, 0.1) is 0 Å². The van der Waals surface area contributed by atoms with Gasteiger partial charge in [-0.1, -0.05) is 211 Å². The van der Waals surface area contributed by atoms with Gasteiger partial charge in [-0.15, -0.1) is 0 Å². The number of nitrogens with zero attached hydrogens (tertiary/aromatic N) is 5. The molecule has 3 aliphatic rings. The number of para-hydroxylation sites is 3. The van der Waals surface area contributed by atoms with Crippen molar-refractivity contribution in [1.29, 1.82) is 0 Å². The molecule has 0 atom stereocenters. The van der Waals surface area contributed by atoms with Crippen molar-refractivity contribution < 1.29 is 0 Å². The molecule has 3 aliphatic carbocycles. The lowest BCUT2D eigenvalue weighted by atomic mass is 9.82. The van der Waals surface area contributed by atoms with Crippen LogP contribution < -0.4 is 0 Å². The second-order valence-electron chi connectivity index (χ2n) is 28.1. The Kier molecular flexibility index (Phi) is 10.7. The van der Waals surface area contributed by atoms with E-state index in [9.17, 15) is 0 Å². The molecule has 17 aromatic rings. The molecule has 4 heterocycles. The van der Waals surface area contributed by atoms with Gasteiger partial charge in [0.05, 0.1) is 44.3 Å². The number of hydrogen-bond acceptors (Lipinski definition) is 2. The summed E-state index contributed by atoms with van der Waals surface area (Å²) in [6, 6.07) is 102. The lowest BCUT2D eigenvalue weighted by Gasteiger charge is -2.21. The Labute approximate surface area is 545 Å². The number of benzene rings is 13. The van der Waals surface area contributed by atoms with Gasteiger partial charge in [0, 0.05) is 82.1 Å². The van der Waals surface area contributed by atoms with Gasteiger partial charge in [-0.3, -0.25) is 0 Å². The molecule has 20 rings (SSSR count).